The molecule has 9 nitrogen and oxygen atoms in total. The van der Waals surface area contributed by atoms with Crippen LogP contribution in [0.3, 0.4) is 0 Å². The van der Waals surface area contributed by atoms with Crippen molar-refractivity contribution < 1.29 is 27.5 Å². The molecule has 1 spiro atoms. The van der Waals surface area contributed by atoms with Gasteiger partial charge in [-0.25, -0.2) is 4.68 Å². The zero-order chi connectivity index (χ0) is 23.3. The number of likely N-dealkylation sites (tertiary alicyclic amines) is 1. The number of aromatic nitrogens is 3. The van der Waals surface area contributed by atoms with Crippen molar-refractivity contribution in [1.82, 2.24) is 19.7 Å². The highest BCUT2D eigenvalue weighted by molar-refractivity contribution is 6.03. The fraction of sp³-hybridized carbons (Fsp3) is 0.400. The lowest BCUT2D eigenvalue weighted by Gasteiger charge is -2.58. The first-order valence-electron chi connectivity index (χ1n) is 9.63. The Morgan fingerprint density at radius 2 is 1.97 bits per heavy atom. The summed E-state index contributed by atoms with van der Waals surface area (Å²) in [6.45, 7) is 2.79. The van der Waals surface area contributed by atoms with Gasteiger partial charge in [0, 0.05) is 18.5 Å². The fourth-order valence-electron chi connectivity index (χ4n) is 4.33. The van der Waals surface area contributed by atoms with Crippen LogP contribution < -0.4 is 16.2 Å². The number of amides is 2. The minimum absolute atomic E-state index is 0.0317. The molecule has 2 aromatic rings. The summed E-state index contributed by atoms with van der Waals surface area (Å²) >= 11 is 0. The van der Waals surface area contributed by atoms with E-state index in [0.29, 0.717) is 25.9 Å². The first-order valence-corrected chi connectivity index (χ1v) is 9.63. The average Bonchev–Trinajstić information content (AvgIpc) is 2.96. The zero-order valence-electron chi connectivity index (χ0n) is 16.9. The van der Waals surface area contributed by atoms with E-state index in [1.165, 1.54) is 10.7 Å². The predicted molar refractivity (Wildman–Crippen MR) is 106 cm³/mol. The molecule has 1 saturated carbocycles. The molecule has 2 aromatic heterocycles. The number of alkyl halides is 3. The molecular formula is C20H19F3N6O3. The fourth-order valence-corrected chi connectivity index (χ4v) is 4.33. The van der Waals surface area contributed by atoms with Crippen LogP contribution in [0.5, 0.6) is 5.75 Å². The standard InChI is InChI=1S/C20H19F3N6O3/c1-2-3-14(30)28-9-19(10-28)6-11(7-19)29-17(24)15(18(25)31)16(27-29)13-5-4-12(8-26-13)32-20(21,22)23/h4-5,8,11H,6-7,9-10,24H2,1H3,(H2,25,31). The van der Waals surface area contributed by atoms with Crippen molar-refractivity contribution in [2.45, 2.75) is 32.2 Å². The molecule has 0 unspecified atom stereocenters. The molecule has 12 heteroatoms. The normalized spacial score (nSPS) is 17.2. The number of rotatable bonds is 4. The number of nitrogen functional groups attached to an aromatic ring is 1. The summed E-state index contributed by atoms with van der Waals surface area (Å²) in [5, 5.41) is 4.40. The van der Waals surface area contributed by atoms with Gasteiger partial charge in [0.15, 0.2) is 0 Å². The third-order valence-electron chi connectivity index (χ3n) is 5.66. The van der Waals surface area contributed by atoms with Gasteiger partial charge in [-0.2, -0.15) is 5.10 Å². The maximum absolute atomic E-state index is 12.4. The molecule has 3 heterocycles. The smallest absolute Gasteiger partial charge is 0.404 e. The first-order chi connectivity index (χ1) is 15.0. The summed E-state index contributed by atoms with van der Waals surface area (Å²) < 4.78 is 42.4. The van der Waals surface area contributed by atoms with E-state index < -0.39 is 18.0 Å². The predicted octanol–water partition coefficient (Wildman–Crippen LogP) is 1.71. The number of halogens is 3. The van der Waals surface area contributed by atoms with Gasteiger partial charge in [0.25, 0.3) is 11.8 Å². The van der Waals surface area contributed by atoms with Gasteiger partial charge >= 0.3 is 6.36 Å². The maximum atomic E-state index is 12.4. The lowest BCUT2D eigenvalue weighted by Crippen LogP contribution is -2.63. The summed E-state index contributed by atoms with van der Waals surface area (Å²) in [6.07, 6.45) is -2.57. The highest BCUT2D eigenvalue weighted by Crippen LogP contribution is 2.54. The van der Waals surface area contributed by atoms with Crippen LogP contribution in [0.25, 0.3) is 11.4 Å². The lowest BCUT2D eigenvalue weighted by atomic mass is 9.60. The number of primary amides is 1. The third kappa shape index (κ3) is 3.81. The Balaban J connectivity index is 1.53. The quantitative estimate of drug-likeness (QED) is 0.685. The number of nitrogens with zero attached hydrogens (tertiary/aromatic N) is 4. The van der Waals surface area contributed by atoms with Crippen molar-refractivity contribution in [2.24, 2.45) is 11.1 Å². The molecule has 1 aliphatic carbocycles. The van der Waals surface area contributed by atoms with Crippen molar-refractivity contribution in [3.8, 4) is 29.0 Å². The Labute approximate surface area is 180 Å². The molecule has 1 saturated heterocycles. The highest BCUT2D eigenvalue weighted by atomic mass is 19.4. The Bertz CT molecular complexity index is 1130. The Morgan fingerprint density at radius 1 is 1.28 bits per heavy atom. The second-order valence-electron chi connectivity index (χ2n) is 7.94. The van der Waals surface area contributed by atoms with Gasteiger partial charge < -0.3 is 21.1 Å². The molecular weight excluding hydrogens is 429 g/mol. The van der Waals surface area contributed by atoms with E-state index in [-0.39, 0.29) is 40.1 Å². The second-order valence-corrected chi connectivity index (χ2v) is 7.94. The number of hydrogen-bond acceptors (Lipinski definition) is 6. The van der Waals surface area contributed by atoms with E-state index in [9.17, 15) is 22.8 Å². The second kappa shape index (κ2) is 7.44. The number of carbonyl (C=O) groups excluding carboxylic acids is 2. The molecule has 1 aliphatic heterocycles. The molecule has 2 fully saturated rings. The van der Waals surface area contributed by atoms with Crippen molar-refractivity contribution in [3.63, 3.8) is 0 Å². The van der Waals surface area contributed by atoms with Crippen LogP contribution in [0, 0.1) is 17.3 Å². The molecule has 0 radical (unpaired) electrons. The van der Waals surface area contributed by atoms with Gasteiger partial charge in [-0.05, 0) is 37.8 Å². The summed E-state index contributed by atoms with van der Waals surface area (Å²) in [5.41, 5.74) is 11.8. The Kier molecular flexibility index (Phi) is 4.99. The van der Waals surface area contributed by atoms with Crippen molar-refractivity contribution >= 4 is 17.6 Å². The number of hydrogen-bond donors (Lipinski definition) is 2. The van der Waals surface area contributed by atoms with Crippen LogP contribution in [-0.2, 0) is 4.79 Å². The van der Waals surface area contributed by atoms with Gasteiger partial charge in [-0.15, -0.1) is 13.2 Å². The van der Waals surface area contributed by atoms with Crippen LogP contribution in [0.1, 0.15) is 36.2 Å². The van der Waals surface area contributed by atoms with Gasteiger partial charge in [0.2, 0.25) is 0 Å². The average molecular weight is 448 g/mol. The Morgan fingerprint density at radius 3 is 2.50 bits per heavy atom. The minimum atomic E-state index is -4.85. The van der Waals surface area contributed by atoms with Gasteiger partial charge in [0.1, 0.15) is 22.8 Å². The van der Waals surface area contributed by atoms with Gasteiger partial charge in [-0.3, -0.25) is 14.6 Å². The number of ether oxygens (including phenoxy) is 1. The van der Waals surface area contributed by atoms with E-state index in [0.717, 1.165) is 12.3 Å². The molecule has 0 aromatic carbocycles. The van der Waals surface area contributed by atoms with E-state index in [4.69, 9.17) is 11.5 Å². The summed E-state index contributed by atoms with van der Waals surface area (Å²) in [7, 11) is 0. The summed E-state index contributed by atoms with van der Waals surface area (Å²) in [4.78, 5) is 29.4. The van der Waals surface area contributed by atoms with Crippen molar-refractivity contribution in [2.75, 3.05) is 18.8 Å². The van der Waals surface area contributed by atoms with Gasteiger partial charge in [-0.1, -0.05) is 5.92 Å². The SMILES string of the molecule is CC#CC(=O)N1CC2(CC(n3nc(-c4ccc(OC(F)(F)F)cn4)c(C(N)=O)c3N)C2)C1. The Hall–Kier alpha value is -3.75. The molecule has 32 heavy (non-hydrogen) atoms. The van der Waals surface area contributed by atoms with E-state index in [1.54, 1.807) is 11.8 Å². The minimum Gasteiger partial charge on any atom is -0.404 e. The summed E-state index contributed by atoms with van der Waals surface area (Å²) in [6, 6.07) is 2.20. The molecule has 0 atom stereocenters. The van der Waals surface area contributed by atoms with Crippen molar-refractivity contribution in [3.05, 3.63) is 23.9 Å². The van der Waals surface area contributed by atoms with Crippen LogP contribution >= 0.6 is 0 Å². The molecule has 0 bridgehead atoms. The molecule has 2 aliphatic rings. The molecule has 4 rings (SSSR count). The zero-order valence-corrected chi connectivity index (χ0v) is 16.9. The first kappa shape index (κ1) is 21.5. The number of carbonyl (C=O) groups is 2. The highest BCUT2D eigenvalue weighted by Gasteiger charge is 2.54. The van der Waals surface area contributed by atoms with Crippen LogP contribution in [0.15, 0.2) is 18.3 Å². The van der Waals surface area contributed by atoms with Crippen LogP contribution in [0.4, 0.5) is 19.0 Å². The lowest BCUT2D eigenvalue weighted by molar-refractivity contribution is -0.274. The number of pyridine rings is 1. The number of nitrogens with two attached hydrogens (primary N) is 2. The van der Waals surface area contributed by atoms with Crippen LogP contribution in [0.2, 0.25) is 0 Å². The van der Waals surface area contributed by atoms with E-state index >= 15 is 0 Å². The third-order valence-corrected chi connectivity index (χ3v) is 5.66. The molecule has 168 valence electrons. The van der Waals surface area contributed by atoms with E-state index in [1.807, 2.05) is 0 Å². The van der Waals surface area contributed by atoms with E-state index in [2.05, 4.69) is 26.7 Å². The topological polar surface area (TPSA) is 129 Å². The maximum Gasteiger partial charge on any atom is 0.573 e. The van der Waals surface area contributed by atoms with Crippen molar-refractivity contribution in [1.29, 1.82) is 0 Å². The monoisotopic (exact) mass is 448 g/mol. The molecule has 2 amide bonds. The van der Waals surface area contributed by atoms with Crippen LogP contribution in [-0.4, -0.2) is 50.9 Å². The molecule has 4 N–H and O–H groups in total. The largest absolute Gasteiger partial charge is 0.573 e. The summed E-state index contributed by atoms with van der Waals surface area (Å²) in [5.74, 6) is 3.62. The van der Waals surface area contributed by atoms with Gasteiger partial charge in [0.05, 0.1) is 17.9 Å². The number of anilines is 1.